The summed E-state index contributed by atoms with van der Waals surface area (Å²) in [6.45, 7) is 4.01. The van der Waals surface area contributed by atoms with Gasteiger partial charge in [0.25, 0.3) is 0 Å². The van der Waals surface area contributed by atoms with Crippen LogP contribution in [0.1, 0.15) is 25.3 Å². The van der Waals surface area contributed by atoms with Crippen molar-refractivity contribution in [1.82, 2.24) is 0 Å². The fraction of sp³-hybridized carbons (Fsp3) is 0.308. The van der Waals surface area contributed by atoms with Crippen molar-refractivity contribution in [1.29, 1.82) is 0 Å². The molecule has 0 bridgehead atoms. The highest BCUT2D eigenvalue weighted by Gasteiger charge is 2.30. The Bertz CT molecular complexity index is 463. The molecule has 16 heavy (non-hydrogen) atoms. The van der Waals surface area contributed by atoms with E-state index in [2.05, 4.69) is 15.9 Å². The van der Waals surface area contributed by atoms with E-state index in [1.165, 1.54) is 0 Å². The number of hydrogen-bond donors (Lipinski definition) is 0. The first-order valence-electron chi connectivity index (χ1n) is 5.20. The summed E-state index contributed by atoms with van der Waals surface area (Å²) >= 11 is 3.51. The summed E-state index contributed by atoms with van der Waals surface area (Å²) in [6, 6.07) is 7.96. The van der Waals surface area contributed by atoms with E-state index in [-0.39, 0.29) is 11.7 Å². The molecule has 0 aromatic heterocycles. The van der Waals surface area contributed by atoms with Gasteiger partial charge in [-0.05, 0) is 25.5 Å². The van der Waals surface area contributed by atoms with Gasteiger partial charge in [-0.3, -0.25) is 4.79 Å². The van der Waals surface area contributed by atoms with Crippen LogP contribution in [0.25, 0.3) is 0 Å². The van der Waals surface area contributed by atoms with E-state index in [1.54, 1.807) is 6.92 Å². The van der Waals surface area contributed by atoms with Gasteiger partial charge in [-0.15, -0.1) is 0 Å². The second kappa shape index (κ2) is 4.42. The minimum Gasteiger partial charge on any atom is -0.497 e. The first-order chi connectivity index (χ1) is 7.61. The van der Waals surface area contributed by atoms with E-state index in [9.17, 15) is 4.79 Å². The Morgan fingerprint density at radius 2 is 2.12 bits per heavy atom. The zero-order chi connectivity index (χ0) is 11.7. The monoisotopic (exact) mass is 280 g/mol. The molecule has 1 aliphatic rings. The number of hydrogen-bond acceptors (Lipinski definition) is 2. The van der Waals surface area contributed by atoms with Gasteiger partial charge in [-0.2, -0.15) is 0 Å². The van der Waals surface area contributed by atoms with E-state index in [0.717, 1.165) is 21.4 Å². The molecule has 1 heterocycles. The molecule has 1 unspecified atom stereocenters. The highest BCUT2D eigenvalue weighted by atomic mass is 79.9. The van der Waals surface area contributed by atoms with Gasteiger partial charge in [0.15, 0.2) is 5.78 Å². The van der Waals surface area contributed by atoms with Crippen LogP contribution < -0.4 is 0 Å². The summed E-state index contributed by atoms with van der Waals surface area (Å²) in [6.07, 6.45) is 0. The lowest BCUT2D eigenvalue weighted by atomic mass is 9.90. The smallest absolute Gasteiger partial charge is 0.159 e. The molecule has 0 amide bonds. The molecule has 0 aliphatic carbocycles. The molecule has 0 saturated carbocycles. The number of halogens is 1. The van der Waals surface area contributed by atoms with Gasteiger partial charge in [0.2, 0.25) is 0 Å². The van der Waals surface area contributed by atoms with Gasteiger partial charge < -0.3 is 4.74 Å². The van der Waals surface area contributed by atoms with Crippen molar-refractivity contribution < 1.29 is 9.53 Å². The van der Waals surface area contributed by atoms with Crippen molar-refractivity contribution in [3.05, 3.63) is 45.6 Å². The Morgan fingerprint density at radius 1 is 1.44 bits per heavy atom. The third-order valence-electron chi connectivity index (χ3n) is 2.85. The summed E-state index contributed by atoms with van der Waals surface area (Å²) in [5.74, 6) is 0.914. The minimum absolute atomic E-state index is 0.0630. The first kappa shape index (κ1) is 11.4. The van der Waals surface area contributed by atoms with Crippen molar-refractivity contribution in [2.24, 2.45) is 0 Å². The third-order valence-corrected chi connectivity index (χ3v) is 3.58. The standard InChI is InChI=1S/C13H13BrO2/c1-8(15)13-9(2)16-7-11(13)10-5-3-4-6-12(10)14/h3-6,11H,7H2,1-2H3. The molecule has 0 fully saturated rings. The lowest BCUT2D eigenvalue weighted by molar-refractivity contribution is -0.113. The maximum atomic E-state index is 11.6. The van der Waals surface area contributed by atoms with E-state index in [4.69, 9.17) is 4.74 Å². The second-order valence-electron chi connectivity index (χ2n) is 3.91. The maximum Gasteiger partial charge on any atom is 0.159 e. The fourth-order valence-electron chi connectivity index (χ4n) is 2.11. The summed E-state index contributed by atoms with van der Waals surface area (Å²) in [5, 5.41) is 0. The summed E-state index contributed by atoms with van der Waals surface area (Å²) in [5.41, 5.74) is 1.91. The lowest BCUT2D eigenvalue weighted by Gasteiger charge is -2.12. The Labute approximate surface area is 103 Å². The highest BCUT2D eigenvalue weighted by molar-refractivity contribution is 9.10. The van der Waals surface area contributed by atoms with Crippen molar-refractivity contribution in [3.8, 4) is 0 Å². The molecule has 0 N–H and O–H groups in total. The first-order valence-corrected chi connectivity index (χ1v) is 5.99. The van der Waals surface area contributed by atoms with Crippen LogP contribution in [-0.4, -0.2) is 12.4 Å². The molecular formula is C13H13BrO2. The molecule has 1 aromatic rings. The van der Waals surface area contributed by atoms with Crippen molar-refractivity contribution >= 4 is 21.7 Å². The van der Waals surface area contributed by atoms with Crippen LogP contribution >= 0.6 is 15.9 Å². The number of Topliss-reactive ketones (excluding diaryl/α,β-unsaturated/α-hetero) is 1. The van der Waals surface area contributed by atoms with Crippen LogP contribution in [-0.2, 0) is 9.53 Å². The topological polar surface area (TPSA) is 26.3 Å². The zero-order valence-corrected chi connectivity index (χ0v) is 10.9. The van der Waals surface area contributed by atoms with Crippen molar-refractivity contribution in [3.63, 3.8) is 0 Å². The highest BCUT2D eigenvalue weighted by Crippen LogP contribution is 2.37. The van der Waals surface area contributed by atoms with E-state index < -0.39 is 0 Å². The van der Waals surface area contributed by atoms with Gasteiger partial charge in [0, 0.05) is 10.0 Å². The number of carbonyl (C=O) groups excluding carboxylic acids is 1. The molecule has 2 nitrogen and oxygen atoms in total. The Balaban J connectivity index is 2.44. The molecule has 0 saturated heterocycles. The van der Waals surface area contributed by atoms with Gasteiger partial charge in [-0.1, -0.05) is 34.1 Å². The van der Waals surface area contributed by atoms with Gasteiger partial charge >= 0.3 is 0 Å². The summed E-state index contributed by atoms with van der Waals surface area (Å²) in [4.78, 5) is 11.6. The molecule has 1 atom stereocenters. The predicted molar refractivity (Wildman–Crippen MR) is 66.2 cm³/mol. The van der Waals surface area contributed by atoms with Crippen LogP contribution in [0.3, 0.4) is 0 Å². The van der Waals surface area contributed by atoms with Crippen molar-refractivity contribution in [2.75, 3.05) is 6.61 Å². The second-order valence-corrected chi connectivity index (χ2v) is 4.77. The molecular weight excluding hydrogens is 268 g/mol. The van der Waals surface area contributed by atoms with Crippen LogP contribution in [0.2, 0.25) is 0 Å². The Morgan fingerprint density at radius 3 is 2.75 bits per heavy atom. The van der Waals surface area contributed by atoms with Gasteiger partial charge in [-0.25, -0.2) is 0 Å². The number of rotatable bonds is 2. The van der Waals surface area contributed by atoms with Crippen molar-refractivity contribution in [2.45, 2.75) is 19.8 Å². The quantitative estimate of drug-likeness (QED) is 0.830. The molecule has 3 heteroatoms. The number of benzene rings is 1. The lowest BCUT2D eigenvalue weighted by Crippen LogP contribution is -2.09. The van der Waals surface area contributed by atoms with Crippen LogP contribution in [0, 0.1) is 0 Å². The molecule has 0 spiro atoms. The normalized spacial score (nSPS) is 19.8. The van der Waals surface area contributed by atoms with Crippen LogP contribution in [0.4, 0.5) is 0 Å². The maximum absolute atomic E-state index is 11.6. The molecule has 84 valence electrons. The predicted octanol–water partition coefficient (Wildman–Crippen LogP) is 3.43. The van der Waals surface area contributed by atoms with Gasteiger partial charge in [0.05, 0.1) is 12.5 Å². The molecule has 0 radical (unpaired) electrons. The van der Waals surface area contributed by atoms with E-state index in [0.29, 0.717) is 6.61 Å². The SMILES string of the molecule is CC(=O)C1=C(C)OCC1c1ccccc1Br. The fourth-order valence-corrected chi connectivity index (χ4v) is 2.67. The number of ketones is 1. The number of allylic oxidation sites excluding steroid dienone is 1. The average molecular weight is 281 g/mol. The Kier molecular flexibility index (Phi) is 3.15. The summed E-state index contributed by atoms with van der Waals surface area (Å²) < 4.78 is 6.51. The largest absolute Gasteiger partial charge is 0.497 e. The Hall–Kier alpha value is -1.09. The molecule has 1 aromatic carbocycles. The number of carbonyl (C=O) groups is 1. The number of ether oxygens (including phenoxy) is 1. The zero-order valence-electron chi connectivity index (χ0n) is 9.29. The van der Waals surface area contributed by atoms with Crippen LogP contribution in [0.5, 0.6) is 0 Å². The minimum atomic E-state index is 0.0630. The molecule has 2 rings (SSSR count). The average Bonchev–Trinajstić information content (AvgIpc) is 2.61. The molecule has 1 aliphatic heterocycles. The van der Waals surface area contributed by atoms with E-state index >= 15 is 0 Å². The van der Waals surface area contributed by atoms with Gasteiger partial charge in [0.1, 0.15) is 5.76 Å². The van der Waals surface area contributed by atoms with E-state index in [1.807, 2.05) is 31.2 Å². The van der Waals surface area contributed by atoms with Crippen LogP contribution in [0.15, 0.2) is 40.1 Å². The third kappa shape index (κ3) is 1.92. The summed E-state index contributed by atoms with van der Waals surface area (Å²) in [7, 11) is 0.